The van der Waals surface area contributed by atoms with Crippen LogP contribution in [0.5, 0.6) is 5.75 Å². The van der Waals surface area contributed by atoms with Gasteiger partial charge in [0.1, 0.15) is 0 Å². The Kier molecular flexibility index (Phi) is 6.31. The van der Waals surface area contributed by atoms with Crippen molar-refractivity contribution in [2.75, 3.05) is 5.32 Å². The van der Waals surface area contributed by atoms with E-state index in [1.54, 1.807) is 18.2 Å². The second-order valence-electron chi connectivity index (χ2n) is 4.93. The Hall–Kier alpha value is -1.07. The third-order valence-corrected chi connectivity index (χ3v) is 3.63. The molecule has 0 aliphatic rings. The van der Waals surface area contributed by atoms with Crippen molar-refractivity contribution in [1.82, 2.24) is 0 Å². The maximum Gasteiger partial charge on any atom is 0.227 e. The fourth-order valence-corrected chi connectivity index (χ4v) is 2.12. The van der Waals surface area contributed by atoms with Gasteiger partial charge in [-0.05, 0) is 47.8 Å². The average Bonchev–Trinajstić information content (AvgIpc) is 2.34. The number of anilines is 1. The number of para-hydroxylation sites is 1. The van der Waals surface area contributed by atoms with Gasteiger partial charge in [0.05, 0.1) is 10.2 Å². The lowest BCUT2D eigenvalue weighted by Crippen LogP contribution is -2.21. The number of hydrogen-bond donors (Lipinski definition) is 3. The van der Waals surface area contributed by atoms with Crippen molar-refractivity contribution in [3.8, 4) is 5.75 Å². The summed E-state index contributed by atoms with van der Waals surface area (Å²) in [4.78, 5) is 12.0. The molecule has 0 aliphatic heterocycles. The summed E-state index contributed by atoms with van der Waals surface area (Å²) in [5.74, 6) is -0.131. The van der Waals surface area contributed by atoms with Crippen LogP contribution in [-0.4, -0.2) is 17.1 Å². The molecule has 5 heteroatoms. The van der Waals surface area contributed by atoms with Gasteiger partial charge in [0.25, 0.3) is 0 Å². The van der Waals surface area contributed by atoms with E-state index >= 15 is 0 Å². The summed E-state index contributed by atoms with van der Waals surface area (Å²) >= 11 is 3.22. The quantitative estimate of drug-likeness (QED) is 0.701. The zero-order valence-electron chi connectivity index (χ0n) is 11.3. The zero-order valence-corrected chi connectivity index (χ0v) is 12.9. The number of carbonyl (C=O) groups excluding carboxylic acids is 1. The topological polar surface area (TPSA) is 75.4 Å². The van der Waals surface area contributed by atoms with Crippen LogP contribution in [0.25, 0.3) is 0 Å². The second kappa shape index (κ2) is 7.50. The lowest BCUT2D eigenvalue weighted by atomic mass is 10.0. The number of nitrogens with one attached hydrogen (secondary N) is 1. The Morgan fingerprint density at radius 1 is 1.42 bits per heavy atom. The Labute approximate surface area is 122 Å². The molecule has 4 N–H and O–H groups in total. The first kappa shape index (κ1) is 16.0. The number of carbonyl (C=O) groups is 1. The van der Waals surface area contributed by atoms with Crippen molar-refractivity contribution in [3.63, 3.8) is 0 Å². The van der Waals surface area contributed by atoms with Gasteiger partial charge >= 0.3 is 0 Å². The van der Waals surface area contributed by atoms with Gasteiger partial charge in [-0.2, -0.15) is 0 Å². The number of aromatic hydroxyl groups is 1. The van der Waals surface area contributed by atoms with E-state index in [2.05, 4.69) is 21.2 Å². The number of rotatable bonds is 6. The van der Waals surface area contributed by atoms with E-state index in [1.165, 1.54) is 0 Å². The van der Waals surface area contributed by atoms with Gasteiger partial charge in [0.15, 0.2) is 5.75 Å². The summed E-state index contributed by atoms with van der Waals surface area (Å²) in [6, 6.07) is 5.33. The molecule has 0 saturated carbocycles. The molecule has 0 aromatic heterocycles. The summed E-state index contributed by atoms with van der Waals surface area (Å²) in [6.07, 6.45) is 2.64. The van der Waals surface area contributed by atoms with Crippen LogP contribution in [0.1, 0.15) is 33.1 Å². The Bertz CT molecular complexity index is 435. The van der Waals surface area contributed by atoms with E-state index in [0.717, 1.165) is 19.3 Å². The maximum absolute atomic E-state index is 12.0. The minimum absolute atomic E-state index is 0.0543. The molecule has 1 rings (SSSR count). The fraction of sp³-hybridized carbons (Fsp3) is 0.500. The van der Waals surface area contributed by atoms with Crippen molar-refractivity contribution in [3.05, 3.63) is 22.7 Å². The summed E-state index contributed by atoms with van der Waals surface area (Å²) in [7, 11) is 0. The van der Waals surface area contributed by atoms with E-state index in [-0.39, 0.29) is 23.6 Å². The standard InChI is InChI=1S/C14H21BrN2O2/c1-9(5-3-6-10(2)16)14(19)17-12-8-4-7-11(15)13(12)18/h4,7-10,18H,3,5-6,16H2,1-2H3,(H,17,19). The highest BCUT2D eigenvalue weighted by Crippen LogP contribution is 2.31. The lowest BCUT2D eigenvalue weighted by Gasteiger charge is -2.14. The molecule has 19 heavy (non-hydrogen) atoms. The highest BCUT2D eigenvalue weighted by molar-refractivity contribution is 9.10. The van der Waals surface area contributed by atoms with Crippen molar-refractivity contribution in [2.24, 2.45) is 11.7 Å². The minimum atomic E-state index is -0.0999. The monoisotopic (exact) mass is 328 g/mol. The third-order valence-electron chi connectivity index (χ3n) is 2.99. The molecule has 0 spiro atoms. The lowest BCUT2D eigenvalue weighted by molar-refractivity contribution is -0.119. The van der Waals surface area contributed by atoms with Gasteiger partial charge < -0.3 is 16.2 Å². The van der Waals surface area contributed by atoms with Gasteiger partial charge in [-0.3, -0.25) is 4.79 Å². The van der Waals surface area contributed by atoms with Gasteiger partial charge in [-0.25, -0.2) is 0 Å². The number of nitrogens with two attached hydrogens (primary N) is 1. The van der Waals surface area contributed by atoms with Crippen LogP contribution >= 0.6 is 15.9 Å². The molecule has 0 heterocycles. The molecule has 0 radical (unpaired) electrons. The van der Waals surface area contributed by atoms with Crippen molar-refractivity contribution in [1.29, 1.82) is 0 Å². The largest absolute Gasteiger partial charge is 0.505 e. The van der Waals surface area contributed by atoms with Crippen LogP contribution in [0.3, 0.4) is 0 Å². The van der Waals surface area contributed by atoms with Crippen molar-refractivity contribution >= 4 is 27.5 Å². The predicted octanol–water partition coefficient (Wildman–Crippen LogP) is 3.25. The van der Waals surface area contributed by atoms with Crippen molar-refractivity contribution in [2.45, 2.75) is 39.2 Å². The normalized spacial score (nSPS) is 13.9. The SMILES string of the molecule is CC(N)CCCC(C)C(=O)Nc1cccc(Br)c1O. The Morgan fingerprint density at radius 3 is 2.74 bits per heavy atom. The summed E-state index contributed by atoms with van der Waals surface area (Å²) in [5.41, 5.74) is 6.11. The number of phenols is 1. The second-order valence-corrected chi connectivity index (χ2v) is 5.79. The van der Waals surface area contributed by atoms with Crippen LogP contribution in [0.2, 0.25) is 0 Å². The van der Waals surface area contributed by atoms with Gasteiger partial charge in [0, 0.05) is 12.0 Å². The first-order valence-corrected chi connectivity index (χ1v) is 7.25. The zero-order chi connectivity index (χ0) is 14.4. The molecule has 0 aliphatic carbocycles. The molecule has 1 aromatic rings. The highest BCUT2D eigenvalue weighted by atomic mass is 79.9. The number of hydrogen-bond acceptors (Lipinski definition) is 3. The van der Waals surface area contributed by atoms with Crippen molar-refractivity contribution < 1.29 is 9.90 Å². The summed E-state index contributed by atoms with van der Waals surface area (Å²) < 4.78 is 0.565. The number of halogens is 1. The van der Waals surface area contributed by atoms with E-state index in [0.29, 0.717) is 10.2 Å². The highest BCUT2D eigenvalue weighted by Gasteiger charge is 2.15. The van der Waals surface area contributed by atoms with Gasteiger partial charge in [-0.15, -0.1) is 0 Å². The van der Waals surface area contributed by atoms with Gasteiger partial charge in [-0.1, -0.05) is 19.4 Å². The third kappa shape index (κ3) is 5.20. The predicted molar refractivity (Wildman–Crippen MR) is 81.1 cm³/mol. The van der Waals surface area contributed by atoms with E-state index in [4.69, 9.17) is 5.73 Å². The van der Waals surface area contributed by atoms with E-state index < -0.39 is 0 Å². The molecular formula is C14H21BrN2O2. The number of benzene rings is 1. The Morgan fingerprint density at radius 2 is 2.11 bits per heavy atom. The first-order valence-electron chi connectivity index (χ1n) is 6.45. The van der Waals surface area contributed by atoms with E-state index in [1.807, 2.05) is 13.8 Å². The molecule has 0 bridgehead atoms. The summed E-state index contributed by atoms with van der Waals surface area (Å²) in [5, 5.41) is 12.5. The van der Waals surface area contributed by atoms with Crippen LogP contribution in [0, 0.1) is 5.92 Å². The maximum atomic E-state index is 12.0. The molecule has 4 nitrogen and oxygen atoms in total. The average molecular weight is 329 g/mol. The number of phenolic OH excluding ortho intramolecular Hbond substituents is 1. The number of amides is 1. The smallest absolute Gasteiger partial charge is 0.227 e. The summed E-state index contributed by atoms with van der Waals surface area (Å²) in [6.45, 7) is 3.84. The Balaban J connectivity index is 2.52. The molecule has 0 fully saturated rings. The first-order chi connectivity index (χ1) is 8.91. The van der Waals surface area contributed by atoms with Gasteiger partial charge in [0.2, 0.25) is 5.91 Å². The minimum Gasteiger partial charge on any atom is -0.505 e. The molecule has 1 aromatic carbocycles. The molecule has 1 amide bonds. The molecule has 0 saturated heterocycles. The van der Waals surface area contributed by atoms with E-state index in [9.17, 15) is 9.90 Å². The van der Waals surface area contributed by atoms with Crippen LogP contribution in [-0.2, 0) is 4.79 Å². The van der Waals surface area contributed by atoms with Crippen LogP contribution in [0.4, 0.5) is 5.69 Å². The molecule has 2 atom stereocenters. The van der Waals surface area contributed by atoms with Crippen LogP contribution < -0.4 is 11.1 Å². The molecular weight excluding hydrogens is 308 g/mol. The van der Waals surface area contributed by atoms with Crippen LogP contribution in [0.15, 0.2) is 22.7 Å². The molecule has 2 unspecified atom stereocenters. The fourth-order valence-electron chi connectivity index (χ4n) is 1.75. The molecule has 106 valence electrons.